The van der Waals surface area contributed by atoms with Gasteiger partial charge in [0.2, 0.25) is 0 Å². The summed E-state index contributed by atoms with van der Waals surface area (Å²) in [5, 5.41) is 13.3. The highest BCUT2D eigenvalue weighted by Gasteiger charge is 2.47. The molecule has 0 bridgehead atoms. The highest BCUT2D eigenvalue weighted by molar-refractivity contribution is 6.46. The number of Topliss-reactive ketones (excluding diaryl/α,β-unsaturated/α-hetero) is 1. The molecular formula is C29H29NO5. The van der Waals surface area contributed by atoms with Crippen LogP contribution in [0, 0.1) is 0 Å². The molecule has 3 aromatic rings. The van der Waals surface area contributed by atoms with Gasteiger partial charge in [-0.3, -0.25) is 9.59 Å². The van der Waals surface area contributed by atoms with Gasteiger partial charge in [0, 0.05) is 18.7 Å². The number of carbonyl (C=O) groups excluding carboxylic acids is 2. The molecule has 2 aliphatic rings. The van der Waals surface area contributed by atoms with Crippen LogP contribution in [0.3, 0.4) is 0 Å². The fraction of sp³-hybridized carbons (Fsp3) is 0.310. The second-order valence-electron chi connectivity index (χ2n) is 9.03. The Balaban J connectivity index is 1.62. The van der Waals surface area contributed by atoms with Crippen LogP contribution in [0.15, 0.2) is 72.3 Å². The molecule has 180 valence electrons. The molecule has 0 saturated carbocycles. The molecule has 0 aromatic heterocycles. The monoisotopic (exact) mass is 471 g/mol. The van der Waals surface area contributed by atoms with Crippen molar-refractivity contribution in [3.8, 4) is 5.75 Å². The van der Waals surface area contributed by atoms with Crippen LogP contribution in [0.2, 0.25) is 0 Å². The van der Waals surface area contributed by atoms with Crippen LogP contribution >= 0.6 is 0 Å². The van der Waals surface area contributed by atoms with Crippen molar-refractivity contribution in [1.29, 1.82) is 0 Å². The summed E-state index contributed by atoms with van der Waals surface area (Å²) in [7, 11) is 0. The number of hydrogen-bond donors (Lipinski definition) is 1. The van der Waals surface area contributed by atoms with Crippen molar-refractivity contribution < 1.29 is 24.2 Å². The summed E-state index contributed by atoms with van der Waals surface area (Å²) in [5.41, 5.74) is 1.38. The van der Waals surface area contributed by atoms with Gasteiger partial charge in [0.05, 0.1) is 24.3 Å². The molecule has 1 amide bonds. The lowest BCUT2D eigenvalue weighted by atomic mass is 9.91. The van der Waals surface area contributed by atoms with E-state index in [1.165, 1.54) is 0 Å². The Hall–Kier alpha value is -3.64. The van der Waals surface area contributed by atoms with Crippen molar-refractivity contribution in [2.45, 2.75) is 38.3 Å². The topological polar surface area (TPSA) is 76.1 Å². The predicted molar refractivity (Wildman–Crippen MR) is 134 cm³/mol. The second kappa shape index (κ2) is 9.92. The van der Waals surface area contributed by atoms with Crippen molar-refractivity contribution in [2.24, 2.45) is 0 Å². The Labute approximate surface area is 204 Å². The molecule has 35 heavy (non-hydrogen) atoms. The third-order valence-corrected chi connectivity index (χ3v) is 6.68. The third kappa shape index (κ3) is 4.42. The summed E-state index contributed by atoms with van der Waals surface area (Å²) < 4.78 is 11.4. The maximum absolute atomic E-state index is 13.4. The number of amides is 1. The largest absolute Gasteiger partial charge is 0.507 e. The van der Waals surface area contributed by atoms with Crippen LogP contribution in [0.5, 0.6) is 5.75 Å². The lowest BCUT2D eigenvalue weighted by Crippen LogP contribution is -2.36. The predicted octanol–water partition coefficient (Wildman–Crippen LogP) is 5.23. The lowest BCUT2D eigenvalue weighted by Gasteiger charge is -2.28. The number of likely N-dealkylation sites (tertiary alicyclic amines) is 1. The molecule has 5 rings (SSSR count). The van der Waals surface area contributed by atoms with Crippen LogP contribution in [0.25, 0.3) is 16.5 Å². The highest BCUT2D eigenvalue weighted by Crippen LogP contribution is 2.42. The van der Waals surface area contributed by atoms with Gasteiger partial charge in [-0.1, -0.05) is 49.4 Å². The SMILES string of the molecule is CCCOc1ccc(/C(O)=C2/C(=O)C(=O)N(CC3CCCO3)C2c2cccc3ccccc23)cc1. The lowest BCUT2D eigenvalue weighted by molar-refractivity contribution is -0.140. The van der Waals surface area contributed by atoms with E-state index in [-0.39, 0.29) is 17.4 Å². The average molecular weight is 472 g/mol. The zero-order valence-corrected chi connectivity index (χ0v) is 19.8. The Morgan fingerprint density at radius 3 is 2.57 bits per heavy atom. The van der Waals surface area contributed by atoms with E-state index < -0.39 is 17.7 Å². The minimum absolute atomic E-state index is 0.103. The van der Waals surface area contributed by atoms with Crippen molar-refractivity contribution in [1.82, 2.24) is 4.90 Å². The van der Waals surface area contributed by atoms with Crippen LogP contribution in [-0.4, -0.2) is 47.6 Å². The van der Waals surface area contributed by atoms with Gasteiger partial charge < -0.3 is 19.5 Å². The summed E-state index contributed by atoms with van der Waals surface area (Å²) in [4.78, 5) is 28.2. The van der Waals surface area contributed by atoms with E-state index >= 15 is 0 Å². The van der Waals surface area contributed by atoms with E-state index in [2.05, 4.69) is 0 Å². The third-order valence-electron chi connectivity index (χ3n) is 6.68. The van der Waals surface area contributed by atoms with Crippen LogP contribution < -0.4 is 4.74 Å². The number of ketones is 1. The summed E-state index contributed by atoms with van der Waals surface area (Å²) >= 11 is 0. The number of aliphatic hydroxyl groups excluding tert-OH is 1. The van der Waals surface area contributed by atoms with Gasteiger partial charge in [-0.25, -0.2) is 0 Å². The quantitative estimate of drug-likeness (QED) is 0.290. The number of ether oxygens (including phenoxy) is 2. The molecule has 0 aliphatic carbocycles. The van der Waals surface area contributed by atoms with Crippen LogP contribution in [0.4, 0.5) is 0 Å². The first-order valence-electron chi connectivity index (χ1n) is 12.2. The van der Waals surface area contributed by atoms with Gasteiger partial charge in [0.15, 0.2) is 0 Å². The van der Waals surface area contributed by atoms with E-state index in [1.807, 2.05) is 49.4 Å². The molecule has 2 saturated heterocycles. The average Bonchev–Trinajstić information content (AvgIpc) is 3.49. The first kappa shape index (κ1) is 23.1. The number of fused-ring (bicyclic) bond motifs is 1. The van der Waals surface area contributed by atoms with E-state index in [0.29, 0.717) is 31.1 Å². The molecule has 2 unspecified atom stereocenters. The van der Waals surface area contributed by atoms with Crippen LogP contribution in [-0.2, 0) is 14.3 Å². The number of hydrogen-bond acceptors (Lipinski definition) is 5. The highest BCUT2D eigenvalue weighted by atomic mass is 16.5. The van der Waals surface area contributed by atoms with Crippen molar-refractivity contribution in [2.75, 3.05) is 19.8 Å². The Bertz CT molecular complexity index is 1270. The molecule has 0 radical (unpaired) electrons. The first-order valence-corrected chi connectivity index (χ1v) is 12.2. The maximum Gasteiger partial charge on any atom is 0.295 e. The van der Waals surface area contributed by atoms with Crippen molar-refractivity contribution in [3.05, 3.63) is 83.4 Å². The van der Waals surface area contributed by atoms with Gasteiger partial charge in [-0.2, -0.15) is 0 Å². The van der Waals surface area contributed by atoms with Gasteiger partial charge >= 0.3 is 0 Å². The molecule has 6 heteroatoms. The van der Waals surface area contributed by atoms with Gasteiger partial charge in [0.1, 0.15) is 11.5 Å². The number of rotatable bonds is 7. The fourth-order valence-electron chi connectivity index (χ4n) is 4.97. The molecule has 1 N–H and O–H groups in total. The van der Waals surface area contributed by atoms with Crippen LogP contribution in [0.1, 0.15) is 43.4 Å². The zero-order valence-electron chi connectivity index (χ0n) is 19.8. The zero-order chi connectivity index (χ0) is 24.4. The minimum atomic E-state index is -0.707. The number of carbonyl (C=O) groups is 2. The van der Waals surface area contributed by atoms with Crippen molar-refractivity contribution in [3.63, 3.8) is 0 Å². The van der Waals surface area contributed by atoms with E-state index in [0.717, 1.165) is 35.6 Å². The molecule has 2 atom stereocenters. The Morgan fingerprint density at radius 1 is 1.06 bits per heavy atom. The molecule has 2 aliphatic heterocycles. The van der Waals surface area contributed by atoms with Gasteiger partial charge in [-0.15, -0.1) is 0 Å². The number of nitrogens with zero attached hydrogens (tertiary/aromatic N) is 1. The summed E-state index contributed by atoms with van der Waals surface area (Å²) in [6.45, 7) is 3.59. The smallest absolute Gasteiger partial charge is 0.295 e. The van der Waals surface area contributed by atoms with Gasteiger partial charge in [0.25, 0.3) is 11.7 Å². The molecular weight excluding hydrogens is 442 g/mol. The summed E-state index contributed by atoms with van der Waals surface area (Å²) in [6, 6.07) is 20.0. The molecule has 2 heterocycles. The minimum Gasteiger partial charge on any atom is -0.507 e. The van der Waals surface area contributed by atoms with E-state index in [4.69, 9.17) is 9.47 Å². The first-order chi connectivity index (χ1) is 17.1. The molecule has 3 aromatic carbocycles. The maximum atomic E-state index is 13.4. The van der Waals surface area contributed by atoms with E-state index in [1.54, 1.807) is 29.2 Å². The summed E-state index contributed by atoms with van der Waals surface area (Å²) in [5.74, 6) is -0.779. The number of benzene rings is 3. The molecule has 0 spiro atoms. The molecule has 6 nitrogen and oxygen atoms in total. The van der Waals surface area contributed by atoms with E-state index in [9.17, 15) is 14.7 Å². The standard InChI is InChI=1S/C29H29NO5/c1-2-16-34-21-14-12-20(13-15-21)27(31)25-26(24-11-5-8-19-7-3-4-10-23(19)24)30(29(33)28(25)32)18-22-9-6-17-35-22/h3-5,7-8,10-15,22,26,31H,2,6,9,16-18H2,1H3/b27-25-. The number of aliphatic hydroxyl groups is 1. The normalized spacial score (nSPS) is 21.7. The van der Waals surface area contributed by atoms with Gasteiger partial charge in [-0.05, 0) is 59.9 Å². The van der Waals surface area contributed by atoms with Crippen molar-refractivity contribution >= 4 is 28.2 Å². The summed E-state index contributed by atoms with van der Waals surface area (Å²) in [6.07, 6.45) is 2.53. The fourth-order valence-corrected chi connectivity index (χ4v) is 4.97. The Morgan fingerprint density at radius 2 is 1.83 bits per heavy atom. The Kier molecular flexibility index (Phi) is 6.55. The second-order valence-corrected chi connectivity index (χ2v) is 9.03. The molecule has 2 fully saturated rings.